The Morgan fingerprint density at radius 1 is 1.21 bits per heavy atom. The van der Waals surface area contributed by atoms with Gasteiger partial charge in [-0.15, -0.1) is 0 Å². The van der Waals surface area contributed by atoms with E-state index in [1.165, 1.54) is 37.3 Å². The van der Waals surface area contributed by atoms with E-state index in [1.54, 1.807) is 36.4 Å². The van der Waals surface area contributed by atoms with Gasteiger partial charge in [0.15, 0.2) is 0 Å². The van der Waals surface area contributed by atoms with Crippen molar-refractivity contribution >= 4 is 29.1 Å². The average Bonchev–Trinajstić information content (AvgIpc) is 3.47. The number of ether oxygens (including phenoxy) is 3. The first-order chi connectivity index (χ1) is 18.2. The number of aromatic nitrogens is 1. The van der Waals surface area contributed by atoms with E-state index >= 15 is 4.39 Å². The number of methoxy groups -OCH3 is 1. The van der Waals surface area contributed by atoms with Gasteiger partial charge in [-0.05, 0) is 55.3 Å². The summed E-state index contributed by atoms with van der Waals surface area (Å²) in [5.74, 6) is -1.16. The van der Waals surface area contributed by atoms with Crippen molar-refractivity contribution in [2.75, 3.05) is 26.9 Å². The molecule has 10 heteroatoms. The second-order valence-corrected chi connectivity index (χ2v) is 10.6. The van der Waals surface area contributed by atoms with Crippen LogP contribution < -0.4 is 0 Å². The molecule has 1 amide bonds. The van der Waals surface area contributed by atoms with Crippen LogP contribution in [0.1, 0.15) is 46.1 Å². The standard InChI is InChI=1S/C28H27Cl2FN2O5/c1-27(35,16-36-2)18-11-23-25(24(31)12-18)28(38-22-9-10-37-15-22,17-3-5-19(29)6-4-17)33(26(23)34)14-21-8-7-20(30)13-32-21/h3-8,11-13,22,35H,9-10,14-16H2,1-2H3/t22-,27+,28+/m0/s1. The summed E-state index contributed by atoms with van der Waals surface area (Å²) in [5.41, 5.74) is -1.77. The first kappa shape index (κ1) is 27.0. The van der Waals surface area contributed by atoms with Crippen LogP contribution in [0.15, 0.2) is 54.7 Å². The van der Waals surface area contributed by atoms with Crippen molar-refractivity contribution in [1.82, 2.24) is 9.88 Å². The van der Waals surface area contributed by atoms with Gasteiger partial charge in [0.1, 0.15) is 11.4 Å². The fourth-order valence-corrected chi connectivity index (χ4v) is 5.31. The maximum Gasteiger partial charge on any atom is 0.257 e. The minimum atomic E-state index is -1.65. The number of amides is 1. The maximum atomic E-state index is 16.3. The molecule has 0 bridgehead atoms. The number of halogens is 3. The normalized spacial score (nSPS) is 22.5. The van der Waals surface area contributed by atoms with Gasteiger partial charge >= 0.3 is 0 Å². The second-order valence-electron chi connectivity index (χ2n) is 9.70. The van der Waals surface area contributed by atoms with E-state index < -0.39 is 29.2 Å². The molecule has 7 nitrogen and oxygen atoms in total. The largest absolute Gasteiger partial charge is 0.383 e. The van der Waals surface area contributed by atoms with Gasteiger partial charge in [0.2, 0.25) is 5.72 Å². The van der Waals surface area contributed by atoms with Gasteiger partial charge in [-0.1, -0.05) is 35.3 Å². The average molecular weight is 561 g/mol. The summed E-state index contributed by atoms with van der Waals surface area (Å²) in [6.07, 6.45) is 1.66. The number of benzene rings is 2. The number of hydrogen-bond donors (Lipinski definition) is 1. The molecule has 3 atom stereocenters. The topological polar surface area (TPSA) is 81.1 Å². The lowest BCUT2D eigenvalue weighted by Gasteiger charge is -2.41. The maximum absolute atomic E-state index is 16.3. The molecular weight excluding hydrogens is 534 g/mol. The Labute approximate surface area is 230 Å². The smallest absolute Gasteiger partial charge is 0.257 e. The Morgan fingerprint density at radius 3 is 2.58 bits per heavy atom. The molecule has 200 valence electrons. The molecule has 2 aliphatic rings. The Morgan fingerprint density at radius 2 is 1.95 bits per heavy atom. The molecular formula is C28H27Cl2FN2O5. The Balaban J connectivity index is 1.75. The summed E-state index contributed by atoms with van der Waals surface area (Å²) >= 11 is 12.2. The van der Waals surface area contributed by atoms with Gasteiger partial charge in [0, 0.05) is 30.5 Å². The summed E-state index contributed by atoms with van der Waals surface area (Å²) in [4.78, 5) is 20.0. The quantitative estimate of drug-likeness (QED) is 0.415. The molecule has 0 unspecified atom stereocenters. The van der Waals surface area contributed by atoms with Crippen LogP contribution in [0, 0.1) is 5.82 Å². The van der Waals surface area contributed by atoms with E-state index in [4.69, 9.17) is 37.4 Å². The van der Waals surface area contributed by atoms with Crippen molar-refractivity contribution in [3.05, 3.63) is 98.5 Å². The molecule has 0 radical (unpaired) electrons. The van der Waals surface area contributed by atoms with Crippen molar-refractivity contribution in [2.24, 2.45) is 0 Å². The molecule has 0 spiro atoms. The Hall–Kier alpha value is -2.59. The molecule has 5 rings (SSSR count). The number of fused-ring (bicyclic) bond motifs is 1. The van der Waals surface area contributed by atoms with Crippen molar-refractivity contribution in [2.45, 2.75) is 37.3 Å². The van der Waals surface area contributed by atoms with Gasteiger partial charge in [-0.2, -0.15) is 0 Å². The number of hydrogen-bond acceptors (Lipinski definition) is 6. The van der Waals surface area contributed by atoms with Gasteiger partial charge in [-0.3, -0.25) is 14.7 Å². The zero-order valence-corrected chi connectivity index (χ0v) is 22.4. The SMILES string of the molecule is COC[C@@](C)(O)c1cc(F)c2c(c1)C(=O)N(Cc1ccc(Cl)cn1)[C@@]2(O[C@H]1CCOC1)c1ccc(Cl)cc1. The molecule has 1 fully saturated rings. The first-order valence-electron chi connectivity index (χ1n) is 12.2. The van der Waals surface area contributed by atoms with Crippen molar-refractivity contribution in [3.8, 4) is 0 Å². The predicted octanol–water partition coefficient (Wildman–Crippen LogP) is 5.04. The highest BCUT2D eigenvalue weighted by molar-refractivity contribution is 6.30. The van der Waals surface area contributed by atoms with E-state index in [1.807, 2.05) is 0 Å². The van der Waals surface area contributed by atoms with Crippen LogP contribution in [0.4, 0.5) is 4.39 Å². The number of nitrogens with zero attached hydrogens (tertiary/aromatic N) is 2. The van der Waals surface area contributed by atoms with Gasteiger partial charge in [-0.25, -0.2) is 4.39 Å². The van der Waals surface area contributed by atoms with Crippen LogP contribution in [-0.2, 0) is 32.1 Å². The third-order valence-electron chi connectivity index (χ3n) is 6.90. The minimum absolute atomic E-state index is 0.00409. The van der Waals surface area contributed by atoms with E-state index in [2.05, 4.69) is 4.98 Å². The molecule has 38 heavy (non-hydrogen) atoms. The first-order valence-corrected chi connectivity index (χ1v) is 12.9. The van der Waals surface area contributed by atoms with Crippen LogP contribution in [-0.4, -0.2) is 53.9 Å². The van der Waals surface area contributed by atoms with Crippen LogP contribution in [0.5, 0.6) is 0 Å². The highest BCUT2D eigenvalue weighted by Gasteiger charge is 2.56. The third kappa shape index (κ3) is 4.81. The van der Waals surface area contributed by atoms with E-state index in [0.717, 1.165) is 0 Å². The fourth-order valence-electron chi connectivity index (χ4n) is 5.08. The second kappa shape index (κ2) is 10.5. The monoisotopic (exact) mass is 560 g/mol. The molecule has 1 saturated heterocycles. The minimum Gasteiger partial charge on any atom is -0.383 e. The number of rotatable bonds is 8. The molecule has 0 aliphatic carbocycles. The summed E-state index contributed by atoms with van der Waals surface area (Å²) in [6, 6.07) is 12.9. The molecule has 2 aromatic carbocycles. The number of pyridine rings is 1. The van der Waals surface area contributed by atoms with E-state index in [-0.39, 0.29) is 29.8 Å². The summed E-state index contributed by atoms with van der Waals surface area (Å²) in [5, 5.41) is 11.9. The Kier molecular flexibility index (Phi) is 7.48. The predicted molar refractivity (Wildman–Crippen MR) is 140 cm³/mol. The molecule has 2 aliphatic heterocycles. The Bertz CT molecular complexity index is 1330. The van der Waals surface area contributed by atoms with E-state index in [0.29, 0.717) is 40.9 Å². The molecule has 1 aromatic heterocycles. The van der Waals surface area contributed by atoms with Crippen molar-refractivity contribution in [1.29, 1.82) is 0 Å². The van der Waals surface area contributed by atoms with E-state index in [9.17, 15) is 9.90 Å². The van der Waals surface area contributed by atoms with Gasteiger partial charge in [0.25, 0.3) is 5.91 Å². The third-order valence-corrected chi connectivity index (χ3v) is 7.38. The van der Waals surface area contributed by atoms with Crippen LogP contribution in [0.2, 0.25) is 10.0 Å². The lowest BCUT2D eigenvalue weighted by atomic mass is 9.88. The van der Waals surface area contributed by atoms with Crippen molar-refractivity contribution in [3.63, 3.8) is 0 Å². The van der Waals surface area contributed by atoms with Crippen LogP contribution >= 0.6 is 23.2 Å². The zero-order chi connectivity index (χ0) is 27.1. The lowest BCUT2D eigenvalue weighted by Crippen LogP contribution is -2.49. The molecule has 3 heterocycles. The van der Waals surface area contributed by atoms with Gasteiger partial charge in [0.05, 0.1) is 47.7 Å². The summed E-state index contributed by atoms with van der Waals surface area (Å²) in [7, 11) is 1.44. The van der Waals surface area contributed by atoms with Crippen LogP contribution in [0.3, 0.4) is 0 Å². The fraction of sp³-hybridized carbons (Fsp3) is 0.357. The molecule has 3 aromatic rings. The number of carbonyl (C=O) groups excluding carboxylic acids is 1. The highest BCUT2D eigenvalue weighted by atomic mass is 35.5. The zero-order valence-electron chi connectivity index (χ0n) is 20.9. The van der Waals surface area contributed by atoms with Gasteiger partial charge < -0.3 is 19.3 Å². The lowest BCUT2D eigenvalue weighted by molar-refractivity contribution is -0.148. The molecule has 0 saturated carbocycles. The van der Waals surface area contributed by atoms with Crippen molar-refractivity contribution < 1.29 is 28.5 Å². The highest BCUT2D eigenvalue weighted by Crippen LogP contribution is 2.49. The summed E-state index contributed by atoms with van der Waals surface area (Å²) in [6.45, 7) is 2.21. The number of aliphatic hydroxyl groups is 1. The number of carbonyl (C=O) groups is 1. The summed E-state index contributed by atoms with van der Waals surface area (Å²) < 4.78 is 33.7. The molecule has 1 N–H and O–H groups in total. The van der Waals surface area contributed by atoms with Crippen LogP contribution in [0.25, 0.3) is 0 Å².